The summed E-state index contributed by atoms with van der Waals surface area (Å²) in [7, 11) is 0. The Morgan fingerprint density at radius 2 is 2.00 bits per heavy atom. The van der Waals surface area contributed by atoms with Gasteiger partial charge in [0.05, 0.1) is 10.1 Å². The minimum Gasteiger partial charge on any atom is -0.480 e. The van der Waals surface area contributed by atoms with Crippen molar-refractivity contribution in [2.75, 3.05) is 13.2 Å². The molecule has 11 heteroatoms. The molecule has 23 heavy (non-hydrogen) atoms. The zero-order valence-electron chi connectivity index (χ0n) is 13.6. The Morgan fingerprint density at radius 1 is 1.39 bits per heavy atom. The number of hydrogen-bond acceptors (Lipinski definition) is 7. The first-order chi connectivity index (χ1) is 10.5. The summed E-state index contributed by atoms with van der Waals surface area (Å²) in [5, 5.41) is 29.2. The molecule has 0 spiro atoms. The topological polar surface area (TPSA) is 156 Å². The Bertz CT molecular complexity index is 448. The average molecular weight is 333 g/mol. The molecule has 0 fully saturated rings. The molecule has 2 atom stereocenters. The highest BCUT2D eigenvalue weighted by atomic mass is 16.7. The molecule has 0 radical (unpaired) electrons. The number of nitro groups is 1. The van der Waals surface area contributed by atoms with Gasteiger partial charge in [0.15, 0.2) is 5.22 Å². The molecule has 0 aliphatic rings. The van der Waals surface area contributed by atoms with Crippen molar-refractivity contribution >= 4 is 12.1 Å². The van der Waals surface area contributed by atoms with Crippen LogP contribution in [-0.2, 0) is 9.53 Å². The van der Waals surface area contributed by atoms with E-state index in [-0.39, 0.29) is 12.6 Å². The molecule has 0 saturated carbocycles. The van der Waals surface area contributed by atoms with Crippen LogP contribution in [0.25, 0.3) is 0 Å². The Kier molecular flexibility index (Phi) is 8.70. The second kappa shape index (κ2) is 9.66. The maximum Gasteiger partial charge on any atom is 0.408 e. The number of rotatable bonds is 9. The third-order valence-electron chi connectivity index (χ3n) is 2.60. The molecule has 1 amide bonds. The molecule has 0 saturated heterocycles. The summed E-state index contributed by atoms with van der Waals surface area (Å²) in [6.07, 6.45) is -0.398. The second-order valence-corrected chi connectivity index (χ2v) is 5.85. The lowest BCUT2D eigenvalue weighted by Gasteiger charge is -2.24. The van der Waals surface area contributed by atoms with E-state index in [2.05, 4.69) is 21.0 Å². The minimum absolute atomic E-state index is 0.0507. The van der Waals surface area contributed by atoms with E-state index in [0.717, 1.165) is 0 Å². The van der Waals surface area contributed by atoms with Crippen LogP contribution in [0.5, 0.6) is 0 Å². The molecular formula is C12H23N5O6. The van der Waals surface area contributed by atoms with Gasteiger partial charge in [0.25, 0.3) is 0 Å². The molecule has 3 N–H and O–H groups in total. The quantitative estimate of drug-likeness (QED) is 0.247. The van der Waals surface area contributed by atoms with Crippen molar-refractivity contribution in [3.63, 3.8) is 0 Å². The smallest absolute Gasteiger partial charge is 0.408 e. The van der Waals surface area contributed by atoms with Crippen molar-refractivity contribution < 1.29 is 24.5 Å². The summed E-state index contributed by atoms with van der Waals surface area (Å²) >= 11 is 0. The molecule has 0 aromatic heterocycles. The highest BCUT2D eigenvalue weighted by Gasteiger charge is 2.28. The Labute approximate surface area is 133 Å². The lowest BCUT2D eigenvalue weighted by molar-refractivity contribution is -0.494. The van der Waals surface area contributed by atoms with Crippen molar-refractivity contribution in [2.45, 2.75) is 45.8 Å². The molecule has 0 aromatic rings. The summed E-state index contributed by atoms with van der Waals surface area (Å²) in [6.45, 7) is 7.00. The molecular weight excluding hydrogens is 310 g/mol. The maximum atomic E-state index is 11.7. The number of nitrogens with zero attached hydrogens (tertiary/aromatic N) is 3. The fourth-order valence-electron chi connectivity index (χ4n) is 1.59. The number of carbonyl (C=O) groups is 2. The number of carbonyl (C=O) groups excluding carboxylic acids is 1. The van der Waals surface area contributed by atoms with E-state index >= 15 is 0 Å². The third-order valence-corrected chi connectivity index (χ3v) is 2.60. The van der Waals surface area contributed by atoms with E-state index in [1.165, 1.54) is 0 Å². The molecule has 0 rings (SSSR count). The van der Waals surface area contributed by atoms with Crippen molar-refractivity contribution in [3.8, 4) is 0 Å². The van der Waals surface area contributed by atoms with E-state index in [4.69, 9.17) is 4.74 Å². The average Bonchev–Trinajstić information content (AvgIpc) is 2.37. The normalized spacial score (nSPS) is 14.3. The van der Waals surface area contributed by atoms with Crippen LogP contribution < -0.4 is 10.6 Å². The first kappa shape index (κ1) is 20.7. The largest absolute Gasteiger partial charge is 0.480 e. The van der Waals surface area contributed by atoms with Gasteiger partial charge in [-0.25, -0.2) is 9.59 Å². The van der Waals surface area contributed by atoms with Gasteiger partial charge in [-0.2, -0.15) is 0 Å². The first-order valence-electron chi connectivity index (χ1n) is 6.97. The monoisotopic (exact) mass is 333 g/mol. The predicted octanol–water partition coefficient (Wildman–Crippen LogP) is 1.18. The van der Waals surface area contributed by atoms with Gasteiger partial charge >= 0.3 is 12.1 Å². The van der Waals surface area contributed by atoms with Crippen molar-refractivity contribution in [1.82, 2.24) is 10.6 Å². The van der Waals surface area contributed by atoms with Gasteiger partial charge in [-0.15, -0.1) is 0 Å². The Morgan fingerprint density at radius 3 is 2.48 bits per heavy atom. The van der Waals surface area contributed by atoms with Crippen LogP contribution in [0.4, 0.5) is 4.79 Å². The van der Waals surface area contributed by atoms with Crippen LogP contribution in [0.15, 0.2) is 10.3 Å². The molecule has 11 nitrogen and oxygen atoms in total. The number of amides is 1. The summed E-state index contributed by atoms with van der Waals surface area (Å²) < 4.78 is 5.03. The Balaban J connectivity index is 4.30. The third kappa shape index (κ3) is 11.0. The molecule has 0 aliphatic heterocycles. The van der Waals surface area contributed by atoms with Crippen LogP contribution in [0.3, 0.4) is 0 Å². The highest BCUT2D eigenvalue weighted by molar-refractivity contribution is 5.80. The number of alkyl carbamates (subject to hydrolysis) is 1. The summed E-state index contributed by atoms with van der Waals surface area (Å²) in [4.78, 5) is 32.8. The van der Waals surface area contributed by atoms with Crippen LogP contribution in [-0.4, -0.2) is 47.1 Å². The minimum atomic E-state index is -1.17. The fraction of sp³-hybridized carbons (Fsp3) is 0.833. The summed E-state index contributed by atoms with van der Waals surface area (Å²) in [6, 6.07) is -1.10. The standard InChI is InChI=1S/C12H23N5O6/c1-8(5-6-13-7-14-16-17(21)22)9(10(18)19)15-11(20)23-12(2,3)4/h8-9,13H,5-7H2,1-4H3,(H,15,20)(H,18,19)/b16-14+/t8-,9+/m1/s1. The van der Waals surface area contributed by atoms with E-state index < -0.39 is 28.7 Å². The number of ether oxygens (including phenoxy) is 1. The molecule has 0 aliphatic carbocycles. The van der Waals surface area contributed by atoms with Gasteiger partial charge in [-0.3, -0.25) is 5.32 Å². The maximum absolute atomic E-state index is 11.7. The van der Waals surface area contributed by atoms with E-state index in [0.29, 0.717) is 13.0 Å². The number of carboxylic acids is 1. The van der Waals surface area contributed by atoms with Crippen LogP contribution in [0, 0.1) is 16.0 Å². The fourth-order valence-corrected chi connectivity index (χ4v) is 1.59. The summed E-state index contributed by atoms with van der Waals surface area (Å²) in [5.74, 6) is -1.56. The molecule has 0 unspecified atom stereocenters. The Hall–Kier alpha value is -2.30. The lowest BCUT2D eigenvalue weighted by Crippen LogP contribution is -2.47. The van der Waals surface area contributed by atoms with Gasteiger partial charge in [0, 0.05) is 0 Å². The van der Waals surface area contributed by atoms with Gasteiger partial charge in [0.1, 0.15) is 11.6 Å². The van der Waals surface area contributed by atoms with E-state index in [1.807, 2.05) is 0 Å². The van der Waals surface area contributed by atoms with Crippen molar-refractivity contribution in [1.29, 1.82) is 0 Å². The van der Waals surface area contributed by atoms with Crippen molar-refractivity contribution in [2.24, 2.45) is 16.3 Å². The van der Waals surface area contributed by atoms with Crippen molar-refractivity contribution in [3.05, 3.63) is 10.1 Å². The van der Waals surface area contributed by atoms with Crippen LogP contribution in [0.2, 0.25) is 0 Å². The van der Waals surface area contributed by atoms with E-state index in [1.54, 1.807) is 27.7 Å². The number of aliphatic carboxylic acids is 1. The van der Waals surface area contributed by atoms with Gasteiger partial charge in [-0.1, -0.05) is 6.92 Å². The number of hydrogen-bond donors (Lipinski definition) is 3. The van der Waals surface area contributed by atoms with Gasteiger partial charge < -0.3 is 25.3 Å². The highest BCUT2D eigenvalue weighted by Crippen LogP contribution is 2.11. The SMILES string of the molecule is C[C@H](CCNC/N=N/[N+](=O)[O-])[C@H](NC(=O)OC(C)(C)C)C(=O)O. The van der Waals surface area contributed by atoms with Gasteiger partial charge in [0.2, 0.25) is 6.67 Å². The van der Waals surface area contributed by atoms with Gasteiger partial charge in [-0.05, 0) is 39.7 Å². The zero-order valence-corrected chi connectivity index (χ0v) is 13.6. The van der Waals surface area contributed by atoms with Crippen LogP contribution in [0.1, 0.15) is 34.1 Å². The van der Waals surface area contributed by atoms with E-state index in [9.17, 15) is 24.8 Å². The zero-order chi connectivity index (χ0) is 18.0. The summed E-state index contributed by atoms with van der Waals surface area (Å²) in [5.41, 5.74) is -0.722. The predicted molar refractivity (Wildman–Crippen MR) is 79.3 cm³/mol. The number of nitrogens with one attached hydrogen (secondary N) is 2. The molecule has 0 bridgehead atoms. The lowest BCUT2D eigenvalue weighted by atomic mass is 9.98. The first-order valence-corrected chi connectivity index (χ1v) is 6.97. The molecule has 0 aromatic carbocycles. The van der Waals surface area contributed by atoms with Crippen LogP contribution >= 0.6 is 0 Å². The molecule has 132 valence electrons. The second-order valence-electron chi connectivity index (χ2n) is 5.85. The molecule has 0 heterocycles. The number of carboxylic acid groups (broad SMARTS) is 1.